The summed E-state index contributed by atoms with van der Waals surface area (Å²) >= 11 is 0. The van der Waals surface area contributed by atoms with Gasteiger partial charge in [0.2, 0.25) is 0 Å². The molecule has 2 fully saturated rings. The Bertz CT molecular complexity index is 683. The molecule has 3 heterocycles. The van der Waals surface area contributed by atoms with Crippen LogP contribution in [0.4, 0.5) is 4.79 Å². The topological polar surface area (TPSA) is 111 Å². The smallest absolute Gasteiger partial charge is 0.322 e. The molecule has 8 heteroatoms. The summed E-state index contributed by atoms with van der Waals surface area (Å²) in [5.74, 6) is -0.864. The standard InChI is InChI=1S/C13H14N4O4/c18-9-8(3-1-5-14-9)10(19)17-6-2-4-13(7-17)11(20)15-12(21)16-13/h1,3,5H,2,4,6-7H2,(H,14,18)(H2,15,16,20,21). The summed E-state index contributed by atoms with van der Waals surface area (Å²) in [5, 5.41) is 4.78. The average molecular weight is 290 g/mol. The van der Waals surface area contributed by atoms with E-state index in [1.807, 2.05) is 0 Å². The molecule has 1 spiro atoms. The average Bonchev–Trinajstić information content (AvgIpc) is 2.72. The lowest BCUT2D eigenvalue weighted by Gasteiger charge is -2.37. The van der Waals surface area contributed by atoms with Gasteiger partial charge in [0.05, 0.1) is 6.54 Å². The molecule has 2 aliphatic rings. The van der Waals surface area contributed by atoms with Gasteiger partial charge in [0.1, 0.15) is 11.1 Å². The molecule has 8 nitrogen and oxygen atoms in total. The Labute approximate surface area is 119 Å². The van der Waals surface area contributed by atoms with E-state index in [1.165, 1.54) is 17.2 Å². The van der Waals surface area contributed by atoms with Crippen LogP contribution in [0, 0.1) is 0 Å². The second kappa shape index (κ2) is 4.72. The van der Waals surface area contributed by atoms with Crippen molar-refractivity contribution in [2.75, 3.05) is 13.1 Å². The van der Waals surface area contributed by atoms with E-state index in [9.17, 15) is 19.2 Å². The van der Waals surface area contributed by atoms with E-state index in [0.29, 0.717) is 19.4 Å². The molecule has 3 N–H and O–H groups in total. The number of carbonyl (C=O) groups is 3. The molecule has 2 saturated heterocycles. The van der Waals surface area contributed by atoms with Gasteiger partial charge < -0.3 is 15.2 Å². The molecular weight excluding hydrogens is 276 g/mol. The van der Waals surface area contributed by atoms with Crippen LogP contribution in [0.15, 0.2) is 23.1 Å². The highest BCUT2D eigenvalue weighted by Gasteiger charge is 2.49. The molecule has 0 bridgehead atoms. The summed E-state index contributed by atoms with van der Waals surface area (Å²) < 4.78 is 0. The summed E-state index contributed by atoms with van der Waals surface area (Å²) in [6.45, 7) is 0.510. The number of piperidine rings is 1. The fourth-order valence-corrected chi connectivity index (χ4v) is 2.80. The fourth-order valence-electron chi connectivity index (χ4n) is 2.80. The van der Waals surface area contributed by atoms with Gasteiger partial charge in [-0.05, 0) is 25.0 Å². The quantitative estimate of drug-likeness (QED) is 0.587. The molecule has 0 radical (unpaired) electrons. The fraction of sp³-hybridized carbons (Fsp3) is 0.385. The molecule has 2 aliphatic heterocycles. The number of pyridine rings is 1. The largest absolute Gasteiger partial charge is 0.336 e. The highest BCUT2D eigenvalue weighted by Crippen LogP contribution is 2.25. The maximum Gasteiger partial charge on any atom is 0.322 e. The first-order valence-electron chi connectivity index (χ1n) is 6.62. The maximum atomic E-state index is 12.4. The lowest BCUT2D eigenvalue weighted by atomic mass is 9.89. The number of H-pyrrole nitrogens is 1. The van der Waals surface area contributed by atoms with Gasteiger partial charge in [-0.25, -0.2) is 4.79 Å². The Morgan fingerprint density at radius 1 is 1.29 bits per heavy atom. The molecule has 21 heavy (non-hydrogen) atoms. The predicted molar refractivity (Wildman–Crippen MR) is 71.6 cm³/mol. The summed E-state index contributed by atoms with van der Waals surface area (Å²) in [7, 11) is 0. The highest BCUT2D eigenvalue weighted by atomic mass is 16.2. The predicted octanol–water partition coefficient (Wildman–Crippen LogP) is -0.811. The van der Waals surface area contributed by atoms with Crippen LogP contribution in [-0.2, 0) is 4.79 Å². The minimum Gasteiger partial charge on any atom is -0.336 e. The first kappa shape index (κ1) is 13.3. The van der Waals surface area contributed by atoms with E-state index >= 15 is 0 Å². The molecule has 1 atom stereocenters. The number of rotatable bonds is 1. The van der Waals surface area contributed by atoms with Gasteiger partial charge in [-0.15, -0.1) is 0 Å². The normalized spacial score (nSPS) is 24.9. The third-order valence-corrected chi connectivity index (χ3v) is 3.84. The number of carbonyl (C=O) groups excluding carboxylic acids is 3. The third kappa shape index (κ3) is 2.18. The van der Waals surface area contributed by atoms with E-state index in [0.717, 1.165) is 0 Å². The second-order valence-corrected chi connectivity index (χ2v) is 5.23. The summed E-state index contributed by atoms with van der Waals surface area (Å²) in [5.41, 5.74) is -1.52. The van der Waals surface area contributed by atoms with Crippen molar-refractivity contribution in [1.29, 1.82) is 0 Å². The molecule has 110 valence electrons. The molecular formula is C13H14N4O4. The Kier molecular flexibility index (Phi) is 3.00. The SMILES string of the molecule is O=C1NC(=O)C2(CCCN(C(=O)c3ccc[nH]c3=O)C2)N1. The van der Waals surface area contributed by atoms with Gasteiger partial charge in [-0.3, -0.25) is 19.7 Å². The number of nitrogens with one attached hydrogen (secondary N) is 3. The van der Waals surface area contributed by atoms with E-state index < -0.39 is 28.9 Å². The van der Waals surface area contributed by atoms with E-state index in [2.05, 4.69) is 15.6 Å². The number of amides is 4. The van der Waals surface area contributed by atoms with E-state index in [1.54, 1.807) is 6.07 Å². The Morgan fingerprint density at radius 2 is 2.10 bits per heavy atom. The minimum atomic E-state index is -1.08. The minimum absolute atomic E-state index is 0.0271. The number of hydrogen-bond acceptors (Lipinski definition) is 4. The van der Waals surface area contributed by atoms with Crippen molar-refractivity contribution in [2.24, 2.45) is 0 Å². The third-order valence-electron chi connectivity index (χ3n) is 3.84. The second-order valence-electron chi connectivity index (χ2n) is 5.23. The van der Waals surface area contributed by atoms with Gasteiger partial charge in [-0.1, -0.05) is 0 Å². The zero-order valence-corrected chi connectivity index (χ0v) is 11.1. The molecule has 0 aromatic carbocycles. The van der Waals surface area contributed by atoms with Gasteiger partial charge in [0.15, 0.2) is 0 Å². The Hall–Kier alpha value is -2.64. The van der Waals surface area contributed by atoms with Crippen LogP contribution >= 0.6 is 0 Å². The molecule has 4 amide bonds. The van der Waals surface area contributed by atoms with Crippen LogP contribution in [0.2, 0.25) is 0 Å². The van der Waals surface area contributed by atoms with Crippen LogP contribution in [0.1, 0.15) is 23.2 Å². The zero-order chi connectivity index (χ0) is 15.0. The van der Waals surface area contributed by atoms with Crippen LogP contribution in [-0.4, -0.2) is 46.4 Å². The number of nitrogens with zero attached hydrogens (tertiary/aromatic N) is 1. The first-order chi connectivity index (χ1) is 10.0. The molecule has 1 unspecified atom stereocenters. The van der Waals surface area contributed by atoms with Crippen LogP contribution in [0.25, 0.3) is 0 Å². The van der Waals surface area contributed by atoms with Crippen LogP contribution in [0.3, 0.4) is 0 Å². The lowest BCUT2D eigenvalue weighted by molar-refractivity contribution is -0.125. The molecule has 0 aliphatic carbocycles. The monoisotopic (exact) mass is 290 g/mol. The highest BCUT2D eigenvalue weighted by molar-refractivity contribution is 6.07. The van der Waals surface area contributed by atoms with Crippen molar-refractivity contribution in [3.8, 4) is 0 Å². The van der Waals surface area contributed by atoms with E-state index in [4.69, 9.17) is 0 Å². The van der Waals surface area contributed by atoms with Crippen molar-refractivity contribution in [1.82, 2.24) is 20.5 Å². The number of aromatic nitrogens is 1. The van der Waals surface area contributed by atoms with Crippen molar-refractivity contribution >= 4 is 17.8 Å². The number of aromatic amines is 1. The molecule has 3 rings (SSSR count). The number of hydrogen-bond donors (Lipinski definition) is 3. The first-order valence-corrected chi connectivity index (χ1v) is 6.62. The van der Waals surface area contributed by atoms with Crippen molar-refractivity contribution in [3.05, 3.63) is 34.2 Å². The lowest BCUT2D eigenvalue weighted by Crippen LogP contribution is -2.59. The van der Waals surface area contributed by atoms with Gasteiger partial charge >= 0.3 is 6.03 Å². The van der Waals surface area contributed by atoms with Crippen molar-refractivity contribution < 1.29 is 14.4 Å². The molecule has 1 aromatic rings. The summed E-state index contributed by atoms with van der Waals surface area (Å²) in [6.07, 6.45) is 2.49. The summed E-state index contributed by atoms with van der Waals surface area (Å²) in [4.78, 5) is 51.2. The van der Waals surface area contributed by atoms with E-state index in [-0.39, 0.29) is 12.1 Å². The van der Waals surface area contributed by atoms with Crippen molar-refractivity contribution in [3.63, 3.8) is 0 Å². The molecule has 0 saturated carbocycles. The van der Waals surface area contributed by atoms with Crippen molar-refractivity contribution in [2.45, 2.75) is 18.4 Å². The summed E-state index contributed by atoms with van der Waals surface area (Å²) in [6, 6.07) is 2.46. The number of likely N-dealkylation sites (tertiary alicyclic amines) is 1. The zero-order valence-electron chi connectivity index (χ0n) is 11.1. The Balaban J connectivity index is 1.86. The number of urea groups is 1. The Morgan fingerprint density at radius 3 is 2.76 bits per heavy atom. The van der Waals surface area contributed by atoms with Crippen LogP contribution in [0.5, 0.6) is 0 Å². The van der Waals surface area contributed by atoms with Gasteiger partial charge in [0.25, 0.3) is 17.4 Å². The molecule has 1 aromatic heterocycles. The number of imide groups is 1. The van der Waals surface area contributed by atoms with Crippen LogP contribution < -0.4 is 16.2 Å². The van der Waals surface area contributed by atoms with Gasteiger partial charge in [0, 0.05) is 12.7 Å². The van der Waals surface area contributed by atoms with Gasteiger partial charge in [-0.2, -0.15) is 0 Å². The maximum absolute atomic E-state index is 12.4.